The van der Waals surface area contributed by atoms with Crippen LogP contribution in [0.2, 0.25) is 5.02 Å². The maximum Gasteiger partial charge on any atom is 0.410 e. The first kappa shape index (κ1) is 19.3. The van der Waals surface area contributed by atoms with E-state index in [-0.39, 0.29) is 19.2 Å². The second kappa shape index (κ2) is 9.44. The van der Waals surface area contributed by atoms with Crippen molar-refractivity contribution >= 4 is 17.7 Å². The summed E-state index contributed by atoms with van der Waals surface area (Å²) in [5, 5.41) is 10.4. The highest BCUT2D eigenvalue weighted by molar-refractivity contribution is 6.30. The van der Waals surface area contributed by atoms with Crippen LogP contribution in [0.25, 0.3) is 0 Å². The Morgan fingerprint density at radius 1 is 1.08 bits per heavy atom. The van der Waals surface area contributed by atoms with Gasteiger partial charge in [0.15, 0.2) is 0 Å². The number of hydrogen-bond donors (Lipinski definition) is 1. The maximum absolute atomic E-state index is 12.5. The fraction of sp³-hybridized carbons (Fsp3) is 0.350. The monoisotopic (exact) mass is 361 g/mol. The van der Waals surface area contributed by atoms with E-state index in [0.717, 1.165) is 11.1 Å². The molecule has 0 aromatic heterocycles. The Kier molecular flexibility index (Phi) is 7.29. The van der Waals surface area contributed by atoms with Crippen LogP contribution in [0.4, 0.5) is 4.79 Å². The molecule has 4 nitrogen and oxygen atoms in total. The Morgan fingerprint density at radius 2 is 1.72 bits per heavy atom. The van der Waals surface area contributed by atoms with Crippen LogP contribution in [-0.2, 0) is 17.8 Å². The molecule has 0 aliphatic carbocycles. The maximum atomic E-state index is 12.5. The number of carbonyl (C=O) groups is 1. The number of carbonyl (C=O) groups excluding carboxylic acids is 1. The molecule has 2 aromatic carbocycles. The summed E-state index contributed by atoms with van der Waals surface area (Å²) in [5.74, 6) is 0. The minimum atomic E-state index is -0.628. The lowest BCUT2D eigenvalue weighted by molar-refractivity contribution is 0.0587. The molecule has 0 spiro atoms. The summed E-state index contributed by atoms with van der Waals surface area (Å²) in [6.07, 6.45) is -0.396. The van der Waals surface area contributed by atoms with Crippen LogP contribution < -0.4 is 0 Å². The van der Waals surface area contributed by atoms with Gasteiger partial charge in [0.2, 0.25) is 0 Å². The first-order chi connectivity index (χ1) is 12.0. The van der Waals surface area contributed by atoms with Crippen molar-refractivity contribution in [3.63, 3.8) is 0 Å². The van der Waals surface area contributed by atoms with Crippen LogP contribution in [0.3, 0.4) is 0 Å². The van der Waals surface area contributed by atoms with Crippen molar-refractivity contribution in [1.29, 1.82) is 0 Å². The summed E-state index contributed by atoms with van der Waals surface area (Å²) in [6, 6.07) is 17.0. The minimum absolute atomic E-state index is 0.112. The summed E-state index contributed by atoms with van der Waals surface area (Å²) >= 11 is 5.91. The molecule has 0 saturated heterocycles. The predicted octanol–water partition coefficient (Wildman–Crippen LogP) is 4.29. The molecule has 1 unspecified atom stereocenters. The summed E-state index contributed by atoms with van der Waals surface area (Å²) in [4.78, 5) is 14.1. The molecule has 0 aliphatic rings. The zero-order chi connectivity index (χ0) is 18.2. The van der Waals surface area contributed by atoms with Gasteiger partial charge in [-0.3, -0.25) is 0 Å². The van der Waals surface area contributed by atoms with Gasteiger partial charge in [-0.2, -0.15) is 0 Å². The molecular weight excluding hydrogens is 338 g/mol. The highest BCUT2D eigenvalue weighted by Crippen LogP contribution is 2.15. The van der Waals surface area contributed by atoms with Crippen LogP contribution in [0.1, 0.15) is 25.0 Å². The molecule has 2 atom stereocenters. The van der Waals surface area contributed by atoms with Crippen LogP contribution >= 0.6 is 11.6 Å². The molecule has 0 fully saturated rings. The summed E-state index contributed by atoms with van der Waals surface area (Å²) < 4.78 is 5.42. The van der Waals surface area contributed by atoms with Gasteiger partial charge in [-0.1, -0.05) is 54.1 Å². The summed E-state index contributed by atoms with van der Waals surface area (Å²) in [5.41, 5.74) is 2.00. The molecule has 5 heteroatoms. The molecule has 2 rings (SSSR count). The van der Waals surface area contributed by atoms with Crippen molar-refractivity contribution in [2.45, 2.75) is 39.0 Å². The van der Waals surface area contributed by atoms with Gasteiger partial charge < -0.3 is 14.7 Å². The molecule has 0 radical (unpaired) electrons. The van der Waals surface area contributed by atoms with Gasteiger partial charge in [0.05, 0.1) is 6.10 Å². The lowest BCUT2D eigenvalue weighted by Gasteiger charge is -2.29. The van der Waals surface area contributed by atoms with Gasteiger partial charge in [0, 0.05) is 17.6 Å². The number of hydrogen-bond acceptors (Lipinski definition) is 3. The SMILES string of the molecule is CC(Cc1ccc(Cl)cc1)N(C[C@@H](C)O)C(=O)OCc1ccccc1. The standard InChI is InChI=1S/C20H24ClNO3/c1-15(12-17-8-10-19(21)11-9-17)22(13-16(2)23)20(24)25-14-18-6-4-3-5-7-18/h3-11,15-16,23H,12-14H2,1-2H3/t15?,16-/m1/s1. The number of ether oxygens (including phenoxy) is 1. The number of amides is 1. The van der Waals surface area contributed by atoms with Crippen molar-refractivity contribution in [2.24, 2.45) is 0 Å². The summed E-state index contributed by atoms with van der Waals surface area (Å²) in [6.45, 7) is 4.04. The van der Waals surface area contributed by atoms with E-state index in [0.29, 0.717) is 11.4 Å². The first-order valence-electron chi connectivity index (χ1n) is 8.35. The summed E-state index contributed by atoms with van der Waals surface area (Å²) in [7, 11) is 0. The number of rotatable bonds is 7. The largest absolute Gasteiger partial charge is 0.445 e. The zero-order valence-corrected chi connectivity index (χ0v) is 15.3. The van der Waals surface area contributed by atoms with E-state index < -0.39 is 12.2 Å². The van der Waals surface area contributed by atoms with E-state index >= 15 is 0 Å². The van der Waals surface area contributed by atoms with Gasteiger partial charge >= 0.3 is 6.09 Å². The van der Waals surface area contributed by atoms with E-state index in [1.807, 2.05) is 61.5 Å². The van der Waals surface area contributed by atoms with E-state index in [2.05, 4.69) is 0 Å². The van der Waals surface area contributed by atoms with Crippen LogP contribution in [-0.4, -0.2) is 34.8 Å². The fourth-order valence-corrected chi connectivity index (χ4v) is 2.72. The van der Waals surface area contributed by atoms with E-state index in [9.17, 15) is 9.90 Å². The Morgan fingerprint density at radius 3 is 2.32 bits per heavy atom. The molecular formula is C20H24ClNO3. The van der Waals surface area contributed by atoms with E-state index in [1.165, 1.54) is 0 Å². The average Bonchev–Trinajstić information content (AvgIpc) is 2.60. The zero-order valence-electron chi connectivity index (χ0n) is 14.6. The van der Waals surface area contributed by atoms with Crippen molar-refractivity contribution in [3.8, 4) is 0 Å². The lowest BCUT2D eigenvalue weighted by Crippen LogP contribution is -2.44. The van der Waals surface area contributed by atoms with Crippen LogP contribution in [0, 0.1) is 0 Å². The van der Waals surface area contributed by atoms with Crippen LogP contribution in [0.5, 0.6) is 0 Å². The number of nitrogens with zero attached hydrogens (tertiary/aromatic N) is 1. The number of aliphatic hydroxyl groups excluding tert-OH is 1. The van der Waals surface area contributed by atoms with Gasteiger partial charge in [-0.05, 0) is 43.5 Å². The van der Waals surface area contributed by atoms with E-state index in [1.54, 1.807) is 11.8 Å². The predicted molar refractivity (Wildman–Crippen MR) is 99.6 cm³/mol. The van der Waals surface area contributed by atoms with Crippen LogP contribution in [0.15, 0.2) is 54.6 Å². The molecule has 0 heterocycles. The van der Waals surface area contributed by atoms with Crippen molar-refractivity contribution in [2.75, 3.05) is 6.54 Å². The van der Waals surface area contributed by atoms with Gasteiger partial charge in [-0.25, -0.2) is 4.79 Å². The van der Waals surface area contributed by atoms with E-state index in [4.69, 9.17) is 16.3 Å². The first-order valence-corrected chi connectivity index (χ1v) is 8.73. The van der Waals surface area contributed by atoms with Crippen molar-refractivity contribution in [1.82, 2.24) is 4.90 Å². The van der Waals surface area contributed by atoms with Crippen molar-refractivity contribution < 1.29 is 14.6 Å². The quantitative estimate of drug-likeness (QED) is 0.800. The molecule has 1 amide bonds. The highest BCUT2D eigenvalue weighted by Gasteiger charge is 2.23. The Bertz CT molecular complexity index is 658. The molecule has 1 N–H and O–H groups in total. The Balaban J connectivity index is 2.00. The Labute approximate surface area is 154 Å². The smallest absolute Gasteiger partial charge is 0.410 e. The third kappa shape index (κ3) is 6.40. The number of halogens is 1. The third-order valence-electron chi connectivity index (χ3n) is 3.88. The molecule has 0 bridgehead atoms. The molecule has 2 aromatic rings. The molecule has 0 saturated carbocycles. The number of benzene rings is 2. The number of aliphatic hydroxyl groups is 1. The van der Waals surface area contributed by atoms with Gasteiger partial charge in [0.25, 0.3) is 0 Å². The highest BCUT2D eigenvalue weighted by atomic mass is 35.5. The molecule has 134 valence electrons. The second-order valence-electron chi connectivity index (χ2n) is 6.22. The lowest BCUT2D eigenvalue weighted by atomic mass is 10.1. The third-order valence-corrected chi connectivity index (χ3v) is 4.13. The normalized spacial score (nSPS) is 13.1. The molecule has 25 heavy (non-hydrogen) atoms. The minimum Gasteiger partial charge on any atom is -0.445 e. The average molecular weight is 362 g/mol. The fourth-order valence-electron chi connectivity index (χ4n) is 2.59. The molecule has 0 aliphatic heterocycles. The van der Waals surface area contributed by atoms with Gasteiger partial charge in [0.1, 0.15) is 6.61 Å². The Hall–Kier alpha value is -2.04. The second-order valence-corrected chi connectivity index (χ2v) is 6.66. The van der Waals surface area contributed by atoms with Crippen molar-refractivity contribution in [3.05, 3.63) is 70.7 Å². The topological polar surface area (TPSA) is 49.8 Å². The van der Waals surface area contributed by atoms with Gasteiger partial charge in [-0.15, -0.1) is 0 Å².